The van der Waals surface area contributed by atoms with Crippen LogP contribution in [0.15, 0.2) is 51.6 Å². The molecule has 1 N–H and O–H groups in total. The van der Waals surface area contributed by atoms with Crippen molar-refractivity contribution >= 4 is 51.2 Å². The lowest BCUT2D eigenvalue weighted by atomic mass is 10.3. The quantitative estimate of drug-likeness (QED) is 0.627. The standard InChI is InChI=1S/C15H11BrClNO4/c16-13-7-5-10(22-13)6-8-15(20)21-9-14(19)18-12-4-2-1-3-11(12)17/h1-8H,9H2,(H,18,19)/b8-6+. The monoisotopic (exact) mass is 383 g/mol. The van der Waals surface area contributed by atoms with Crippen LogP contribution in [0.1, 0.15) is 5.76 Å². The van der Waals surface area contributed by atoms with Crippen molar-refractivity contribution in [3.63, 3.8) is 0 Å². The van der Waals surface area contributed by atoms with Gasteiger partial charge in [0.25, 0.3) is 5.91 Å². The predicted octanol–water partition coefficient (Wildman–Crippen LogP) is 3.89. The number of nitrogens with one attached hydrogen (secondary N) is 1. The summed E-state index contributed by atoms with van der Waals surface area (Å²) in [4.78, 5) is 23.1. The number of hydrogen-bond acceptors (Lipinski definition) is 4. The van der Waals surface area contributed by atoms with Gasteiger partial charge in [0.05, 0.1) is 10.7 Å². The van der Waals surface area contributed by atoms with E-state index in [9.17, 15) is 9.59 Å². The predicted molar refractivity (Wildman–Crippen MR) is 86.5 cm³/mol. The van der Waals surface area contributed by atoms with Gasteiger partial charge in [0.2, 0.25) is 0 Å². The van der Waals surface area contributed by atoms with Crippen LogP contribution in [0.2, 0.25) is 5.02 Å². The molecule has 2 aromatic rings. The summed E-state index contributed by atoms with van der Waals surface area (Å²) in [5.74, 6) is -0.637. The highest BCUT2D eigenvalue weighted by atomic mass is 79.9. The van der Waals surface area contributed by atoms with Crippen molar-refractivity contribution in [3.8, 4) is 0 Å². The molecular weight excluding hydrogens is 374 g/mol. The molecule has 1 aromatic carbocycles. The minimum Gasteiger partial charge on any atom is -0.452 e. The molecule has 1 amide bonds. The summed E-state index contributed by atoms with van der Waals surface area (Å²) < 4.78 is 10.5. The van der Waals surface area contributed by atoms with E-state index in [1.165, 1.54) is 12.2 Å². The van der Waals surface area contributed by atoms with Crippen molar-refractivity contribution in [2.75, 3.05) is 11.9 Å². The van der Waals surface area contributed by atoms with E-state index < -0.39 is 18.5 Å². The molecule has 0 fully saturated rings. The van der Waals surface area contributed by atoms with Gasteiger partial charge in [-0.25, -0.2) is 4.79 Å². The van der Waals surface area contributed by atoms with Crippen LogP contribution in [-0.4, -0.2) is 18.5 Å². The van der Waals surface area contributed by atoms with Crippen LogP contribution in [0.25, 0.3) is 6.08 Å². The van der Waals surface area contributed by atoms with E-state index in [0.29, 0.717) is 21.1 Å². The van der Waals surface area contributed by atoms with Crippen molar-refractivity contribution in [1.29, 1.82) is 0 Å². The molecule has 114 valence electrons. The number of rotatable bonds is 5. The average Bonchev–Trinajstić information content (AvgIpc) is 2.91. The zero-order valence-electron chi connectivity index (χ0n) is 11.2. The van der Waals surface area contributed by atoms with Crippen molar-refractivity contribution in [2.45, 2.75) is 0 Å². The number of hydrogen-bond donors (Lipinski definition) is 1. The lowest BCUT2D eigenvalue weighted by molar-refractivity contribution is -0.142. The van der Waals surface area contributed by atoms with Gasteiger partial charge >= 0.3 is 5.97 Å². The molecule has 7 heteroatoms. The fourth-order valence-corrected chi connectivity index (χ4v) is 2.00. The second-order valence-electron chi connectivity index (χ2n) is 4.11. The third-order valence-corrected chi connectivity index (χ3v) is 3.23. The second-order valence-corrected chi connectivity index (χ2v) is 5.30. The molecule has 2 rings (SSSR count). The number of furan rings is 1. The number of ether oxygens (including phenoxy) is 1. The molecular formula is C15H11BrClNO4. The normalized spacial score (nSPS) is 10.6. The highest BCUT2D eigenvalue weighted by molar-refractivity contribution is 9.10. The Kier molecular flexibility index (Phi) is 5.80. The van der Waals surface area contributed by atoms with Crippen LogP contribution in [0.4, 0.5) is 5.69 Å². The van der Waals surface area contributed by atoms with E-state index in [1.54, 1.807) is 36.4 Å². The summed E-state index contributed by atoms with van der Waals surface area (Å²) in [6.07, 6.45) is 2.62. The lowest BCUT2D eigenvalue weighted by Gasteiger charge is -2.06. The largest absolute Gasteiger partial charge is 0.452 e. The molecule has 0 aliphatic rings. The van der Waals surface area contributed by atoms with Crippen LogP contribution in [0.5, 0.6) is 0 Å². The summed E-state index contributed by atoms with van der Waals surface area (Å²) in [6.45, 7) is -0.407. The fourth-order valence-electron chi connectivity index (χ4n) is 1.50. The Morgan fingerprint density at radius 1 is 1.27 bits per heavy atom. The van der Waals surface area contributed by atoms with Crippen molar-refractivity contribution in [1.82, 2.24) is 0 Å². The first-order valence-electron chi connectivity index (χ1n) is 6.19. The summed E-state index contributed by atoms with van der Waals surface area (Å²) in [5.41, 5.74) is 0.459. The number of anilines is 1. The summed E-state index contributed by atoms with van der Waals surface area (Å²) in [5, 5.41) is 2.95. The number of esters is 1. The van der Waals surface area contributed by atoms with Gasteiger partial charge in [0.1, 0.15) is 5.76 Å². The van der Waals surface area contributed by atoms with E-state index >= 15 is 0 Å². The van der Waals surface area contributed by atoms with Gasteiger partial charge in [-0.05, 0) is 46.3 Å². The third kappa shape index (κ3) is 5.05. The first kappa shape index (κ1) is 16.3. The van der Waals surface area contributed by atoms with Gasteiger partial charge in [0, 0.05) is 6.08 Å². The van der Waals surface area contributed by atoms with Crippen molar-refractivity contribution in [3.05, 3.63) is 57.9 Å². The van der Waals surface area contributed by atoms with Gasteiger partial charge in [-0.2, -0.15) is 0 Å². The Morgan fingerprint density at radius 2 is 2.05 bits per heavy atom. The molecule has 0 saturated carbocycles. The number of benzene rings is 1. The minimum atomic E-state index is -0.651. The molecule has 0 radical (unpaired) electrons. The first-order valence-corrected chi connectivity index (χ1v) is 7.36. The van der Waals surface area contributed by atoms with Gasteiger partial charge in [-0.1, -0.05) is 23.7 Å². The average molecular weight is 385 g/mol. The SMILES string of the molecule is O=C(COC(=O)/C=C/c1ccc(Br)o1)Nc1ccccc1Cl. The maximum absolute atomic E-state index is 11.7. The Hall–Kier alpha value is -2.05. The molecule has 0 saturated heterocycles. The number of carbonyl (C=O) groups is 2. The smallest absolute Gasteiger partial charge is 0.331 e. The van der Waals surface area contributed by atoms with Gasteiger partial charge < -0.3 is 14.5 Å². The molecule has 0 spiro atoms. The Bertz CT molecular complexity index is 711. The van der Waals surface area contributed by atoms with Crippen LogP contribution >= 0.6 is 27.5 Å². The Labute approximate surface area is 140 Å². The maximum atomic E-state index is 11.7. The number of amides is 1. The molecule has 0 atom stereocenters. The molecule has 22 heavy (non-hydrogen) atoms. The first-order chi connectivity index (χ1) is 10.5. The summed E-state index contributed by atoms with van der Waals surface area (Å²) in [7, 11) is 0. The highest BCUT2D eigenvalue weighted by Crippen LogP contribution is 2.20. The summed E-state index contributed by atoms with van der Waals surface area (Å²) >= 11 is 9.05. The van der Waals surface area contributed by atoms with E-state index in [0.717, 1.165) is 0 Å². The van der Waals surface area contributed by atoms with Crippen LogP contribution in [-0.2, 0) is 14.3 Å². The van der Waals surface area contributed by atoms with E-state index in [-0.39, 0.29) is 0 Å². The van der Waals surface area contributed by atoms with Gasteiger partial charge in [0.15, 0.2) is 11.3 Å². The van der Waals surface area contributed by atoms with Crippen LogP contribution in [0.3, 0.4) is 0 Å². The molecule has 0 bridgehead atoms. The molecule has 1 heterocycles. The van der Waals surface area contributed by atoms with E-state index in [4.69, 9.17) is 20.8 Å². The molecule has 1 aromatic heterocycles. The third-order valence-electron chi connectivity index (χ3n) is 2.47. The lowest BCUT2D eigenvalue weighted by Crippen LogP contribution is -2.20. The Balaban J connectivity index is 1.80. The molecule has 0 aliphatic carbocycles. The number of carbonyl (C=O) groups excluding carboxylic acids is 2. The minimum absolute atomic E-state index is 0.407. The number of halogens is 2. The topological polar surface area (TPSA) is 68.5 Å². The van der Waals surface area contributed by atoms with Crippen molar-refractivity contribution < 1.29 is 18.7 Å². The second kappa shape index (κ2) is 7.82. The zero-order chi connectivity index (χ0) is 15.9. The van der Waals surface area contributed by atoms with Crippen LogP contribution < -0.4 is 5.32 Å². The maximum Gasteiger partial charge on any atom is 0.331 e. The number of para-hydroxylation sites is 1. The highest BCUT2D eigenvalue weighted by Gasteiger charge is 2.07. The van der Waals surface area contributed by atoms with Gasteiger partial charge in [-0.3, -0.25) is 4.79 Å². The van der Waals surface area contributed by atoms with Crippen molar-refractivity contribution in [2.24, 2.45) is 0 Å². The molecule has 0 unspecified atom stereocenters. The van der Waals surface area contributed by atoms with Crippen LogP contribution in [0, 0.1) is 0 Å². The summed E-state index contributed by atoms with van der Waals surface area (Å²) in [6, 6.07) is 10.2. The van der Waals surface area contributed by atoms with Gasteiger partial charge in [-0.15, -0.1) is 0 Å². The molecule has 0 aliphatic heterocycles. The Morgan fingerprint density at radius 3 is 2.73 bits per heavy atom. The van der Waals surface area contributed by atoms with E-state index in [1.807, 2.05) is 0 Å². The van der Waals surface area contributed by atoms with E-state index in [2.05, 4.69) is 21.2 Å². The molecule has 5 nitrogen and oxygen atoms in total. The zero-order valence-corrected chi connectivity index (χ0v) is 13.6. The fraction of sp³-hybridized carbons (Fsp3) is 0.0667.